The third kappa shape index (κ3) is 5.36. The Bertz CT molecular complexity index is 1050. The second kappa shape index (κ2) is 9.55. The molecule has 0 aliphatic carbocycles. The second-order valence-corrected chi connectivity index (χ2v) is 6.84. The highest BCUT2D eigenvalue weighted by Crippen LogP contribution is 2.41. The van der Waals surface area contributed by atoms with E-state index in [0.29, 0.717) is 17.7 Å². The summed E-state index contributed by atoms with van der Waals surface area (Å²) >= 11 is 0. The molecule has 0 unspecified atom stereocenters. The molecule has 162 valence electrons. The summed E-state index contributed by atoms with van der Waals surface area (Å²) in [7, 11) is 2.47. The van der Waals surface area contributed by atoms with E-state index >= 15 is 0 Å². The number of carbonyl (C=O) groups is 1. The van der Waals surface area contributed by atoms with Crippen molar-refractivity contribution in [1.29, 1.82) is 0 Å². The number of methoxy groups -OCH3 is 2. The Balaban J connectivity index is 2.07. The molecule has 0 aliphatic rings. The minimum Gasteiger partial charge on any atom is -0.496 e. The highest BCUT2D eigenvalue weighted by Gasteiger charge is 2.35. The molecule has 3 rings (SSSR count). The Kier molecular flexibility index (Phi) is 6.84. The molecule has 0 spiro atoms. The molecular weight excluding hydrogens is 407 g/mol. The number of alkyl halides is 3. The molecule has 0 saturated heterocycles. The number of carbonyl (C=O) groups excluding carboxylic acids is 1. The van der Waals surface area contributed by atoms with Crippen LogP contribution in [0, 0.1) is 0 Å². The van der Waals surface area contributed by atoms with E-state index in [1.165, 1.54) is 13.2 Å². The molecule has 0 amide bonds. The van der Waals surface area contributed by atoms with Crippen molar-refractivity contribution in [2.75, 3.05) is 19.5 Å². The van der Waals surface area contributed by atoms with E-state index in [-0.39, 0.29) is 11.3 Å². The number of rotatable bonds is 7. The molecule has 0 fully saturated rings. The number of para-hydroxylation sites is 1. The number of nitrogens with one attached hydrogen (secondary N) is 1. The molecule has 0 aliphatic heterocycles. The van der Waals surface area contributed by atoms with Crippen LogP contribution in [0.25, 0.3) is 11.1 Å². The summed E-state index contributed by atoms with van der Waals surface area (Å²) in [5.74, 6) is -0.672. The van der Waals surface area contributed by atoms with Gasteiger partial charge in [0.2, 0.25) is 0 Å². The molecule has 0 radical (unpaired) electrons. The van der Waals surface area contributed by atoms with Gasteiger partial charge in [0.05, 0.1) is 26.2 Å². The minimum absolute atomic E-state index is 0.0769. The van der Waals surface area contributed by atoms with Gasteiger partial charge in [0.1, 0.15) is 5.75 Å². The molecule has 7 heteroatoms. The molecule has 0 atom stereocenters. The van der Waals surface area contributed by atoms with Crippen LogP contribution in [0.4, 0.5) is 18.9 Å². The molecule has 3 aromatic carbocycles. The maximum absolute atomic E-state index is 13.6. The van der Waals surface area contributed by atoms with Crippen molar-refractivity contribution in [3.8, 4) is 16.9 Å². The van der Waals surface area contributed by atoms with Crippen LogP contribution in [0.3, 0.4) is 0 Å². The largest absolute Gasteiger partial charge is 0.496 e. The standard InChI is InChI=1S/C24H22F3NO3/c1-30-22-14-21(24(25,26)27)17(13-23(29)31-2)12-20(22)19-11-7-6-8-16(19)15-28-18-9-4-3-5-10-18/h3-12,14,28H,13,15H2,1-2H3. The van der Waals surface area contributed by atoms with E-state index in [2.05, 4.69) is 10.1 Å². The van der Waals surface area contributed by atoms with E-state index in [1.807, 2.05) is 48.5 Å². The van der Waals surface area contributed by atoms with Gasteiger partial charge in [-0.3, -0.25) is 4.79 Å². The van der Waals surface area contributed by atoms with Crippen LogP contribution in [0.5, 0.6) is 5.75 Å². The average Bonchev–Trinajstić information content (AvgIpc) is 2.77. The Labute approximate surface area is 178 Å². The first-order valence-corrected chi connectivity index (χ1v) is 9.55. The fourth-order valence-electron chi connectivity index (χ4n) is 3.33. The number of halogens is 3. The van der Waals surface area contributed by atoms with Crippen molar-refractivity contribution in [3.05, 3.63) is 83.4 Å². The third-order valence-electron chi connectivity index (χ3n) is 4.86. The van der Waals surface area contributed by atoms with Crippen molar-refractivity contribution in [3.63, 3.8) is 0 Å². The molecule has 0 saturated carbocycles. The number of benzene rings is 3. The zero-order valence-corrected chi connectivity index (χ0v) is 17.1. The summed E-state index contributed by atoms with van der Waals surface area (Å²) in [6.07, 6.45) is -5.13. The van der Waals surface area contributed by atoms with Crippen LogP contribution < -0.4 is 10.1 Å². The number of anilines is 1. The summed E-state index contributed by atoms with van der Waals surface area (Å²) in [5.41, 5.74) is 1.89. The molecule has 31 heavy (non-hydrogen) atoms. The molecule has 0 heterocycles. The number of hydrogen-bond donors (Lipinski definition) is 1. The van der Waals surface area contributed by atoms with Gasteiger partial charge in [-0.25, -0.2) is 0 Å². The van der Waals surface area contributed by atoms with E-state index in [4.69, 9.17) is 4.74 Å². The predicted octanol–water partition coefficient (Wildman–Crippen LogP) is 5.71. The zero-order chi connectivity index (χ0) is 22.4. The van der Waals surface area contributed by atoms with Gasteiger partial charge in [-0.05, 0) is 41.0 Å². The fraction of sp³-hybridized carbons (Fsp3) is 0.208. The summed E-state index contributed by atoms with van der Waals surface area (Å²) in [4.78, 5) is 11.8. The van der Waals surface area contributed by atoms with Gasteiger partial charge in [0, 0.05) is 17.8 Å². The van der Waals surface area contributed by atoms with Crippen molar-refractivity contribution < 1.29 is 27.4 Å². The van der Waals surface area contributed by atoms with Gasteiger partial charge in [-0.1, -0.05) is 42.5 Å². The van der Waals surface area contributed by atoms with Crippen LogP contribution in [-0.2, 0) is 28.7 Å². The Morgan fingerprint density at radius 3 is 2.23 bits per heavy atom. The third-order valence-corrected chi connectivity index (χ3v) is 4.86. The number of hydrogen-bond acceptors (Lipinski definition) is 4. The van der Waals surface area contributed by atoms with Crippen molar-refractivity contribution in [2.24, 2.45) is 0 Å². The second-order valence-electron chi connectivity index (χ2n) is 6.84. The van der Waals surface area contributed by atoms with Gasteiger partial charge in [0.15, 0.2) is 0 Å². The van der Waals surface area contributed by atoms with Gasteiger partial charge in [-0.15, -0.1) is 0 Å². The number of ether oxygens (including phenoxy) is 2. The highest BCUT2D eigenvalue weighted by molar-refractivity contribution is 5.79. The van der Waals surface area contributed by atoms with Gasteiger partial charge in [-0.2, -0.15) is 13.2 Å². The summed E-state index contributed by atoms with van der Waals surface area (Å²) < 4.78 is 50.8. The van der Waals surface area contributed by atoms with Crippen molar-refractivity contribution >= 4 is 11.7 Å². The van der Waals surface area contributed by atoms with Gasteiger partial charge >= 0.3 is 12.1 Å². The molecule has 0 aromatic heterocycles. The van der Waals surface area contributed by atoms with E-state index in [0.717, 1.165) is 24.4 Å². The summed E-state index contributed by atoms with van der Waals surface area (Å²) in [5, 5.41) is 3.31. The molecule has 1 N–H and O–H groups in total. The van der Waals surface area contributed by atoms with Crippen LogP contribution in [0.1, 0.15) is 16.7 Å². The summed E-state index contributed by atoms with van der Waals surface area (Å²) in [6, 6.07) is 19.3. The lowest BCUT2D eigenvalue weighted by Gasteiger charge is -2.19. The van der Waals surface area contributed by atoms with Crippen molar-refractivity contribution in [1.82, 2.24) is 0 Å². The smallest absolute Gasteiger partial charge is 0.416 e. The molecular formula is C24H22F3NO3. The topological polar surface area (TPSA) is 47.6 Å². The first-order valence-electron chi connectivity index (χ1n) is 9.55. The maximum Gasteiger partial charge on any atom is 0.416 e. The number of esters is 1. The van der Waals surface area contributed by atoms with E-state index in [9.17, 15) is 18.0 Å². The average molecular weight is 429 g/mol. The molecule has 4 nitrogen and oxygen atoms in total. The minimum atomic E-state index is -4.64. The van der Waals surface area contributed by atoms with Crippen LogP contribution in [0.15, 0.2) is 66.7 Å². The molecule has 0 bridgehead atoms. The fourth-order valence-corrected chi connectivity index (χ4v) is 3.33. The van der Waals surface area contributed by atoms with Gasteiger partial charge in [0.25, 0.3) is 0 Å². The first-order chi connectivity index (χ1) is 14.8. The summed E-state index contributed by atoms with van der Waals surface area (Å²) in [6.45, 7) is 0.455. The Morgan fingerprint density at radius 1 is 0.903 bits per heavy atom. The Morgan fingerprint density at radius 2 is 1.58 bits per heavy atom. The highest BCUT2D eigenvalue weighted by atomic mass is 19.4. The monoisotopic (exact) mass is 429 g/mol. The lowest BCUT2D eigenvalue weighted by Crippen LogP contribution is -2.14. The molecule has 3 aromatic rings. The van der Waals surface area contributed by atoms with E-state index in [1.54, 1.807) is 6.07 Å². The lowest BCUT2D eigenvalue weighted by atomic mass is 9.93. The van der Waals surface area contributed by atoms with Crippen molar-refractivity contribution in [2.45, 2.75) is 19.1 Å². The lowest BCUT2D eigenvalue weighted by molar-refractivity contribution is -0.141. The van der Waals surface area contributed by atoms with Crippen LogP contribution >= 0.6 is 0 Å². The SMILES string of the molecule is COC(=O)Cc1cc(-c2ccccc2CNc2ccccc2)c(OC)cc1C(F)(F)F. The first kappa shape index (κ1) is 22.2. The predicted molar refractivity (Wildman–Crippen MR) is 113 cm³/mol. The quantitative estimate of drug-likeness (QED) is 0.489. The van der Waals surface area contributed by atoms with Crippen LogP contribution in [0.2, 0.25) is 0 Å². The van der Waals surface area contributed by atoms with Gasteiger partial charge < -0.3 is 14.8 Å². The van der Waals surface area contributed by atoms with Crippen LogP contribution in [-0.4, -0.2) is 20.2 Å². The normalized spacial score (nSPS) is 11.1. The van der Waals surface area contributed by atoms with E-state index < -0.39 is 24.1 Å². The Hall–Kier alpha value is -3.48. The zero-order valence-electron chi connectivity index (χ0n) is 17.1. The maximum atomic E-state index is 13.6.